The summed E-state index contributed by atoms with van der Waals surface area (Å²) in [5, 5.41) is 0. The summed E-state index contributed by atoms with van der Waals surface area (Å²) < 4.78 is 0. The molecule has 0 amide bonds. The van der Waals surface area contributed by atoms with Gasteiger partial charge in [0.15, 0.2) is 0 Å². The lowest BCUT2D eigenvalue weighted by Gasteiger charge is -2.26. The van der Waals surface area contributed by atoms with Gasteiger partial charge in [0.25, 0.3) is 0 Å². The first-order valence-electron chi connectivity index (χ1n) is 6.79. The van der Waals surface area contributed by atoms with Crippen molar-refractivity contribution in [2.45, 2.75) is 32.2 Å². The van der Waals surface area contributed by atoms with Gasteiger partial charge < -0.3 is 4.90 Å². The number of rotatable bonds is 5. The largest absolute Gasteiger partial charge is 0.355 e. The van der Waals surface area contributed by atoms with Gasteiger partial charge in [-0.2, -0.15) is 0 Å². The second-order valence-electron chi connectivity index (χ2n) is 4.73. The van der Waals surface area contributed by atoms with E-state index in [9.17, 15) is 0 Å². The first-order chi connectivity index (χ1) is 8.78. The highest BCUT2D eigenvalue weighted by Gasteiger charge is 2.26. The summed E-state index contributed by atoms with van der Waals surface area (Å²) in [5.41, 5.74) is 0.959. The van der Waals surface area contributed by atoms with E-state index < -0.39 is 0 Å². The molecule has 1 atom stereocenters. The van der Waals surface area contributed by atoms with Gasteiger partial charge in [0.2, 0.25) is 0 Å². The molecule has 1 aliphatic heterocycles. The molecule has 1 aromatic heterocycles. The maximum Gasteiger partial charge on any atom is 0.128 e. The Kier molecular flexibility index (Phi) is 4.84. The van der Waals surface area contributed by atoms with E-state index in [1.54, 1.807) is 0 Å². The van der Waals surface area contributed by atoms with Crippen LogP contribution in [0.15, 0.2) is 18.2 Å². The first-order valence-corrected chi connectivity index (χ1v) is 7.32. The number of pyridine rings is 1. The van der Waals surface area contributed by atoms with Gasteiger partial charge in [0, 0.05) is 19.1 Å². The molecule has 4 heteroatoms. The number of likely N-dealkylation sites (N-methyl/N-ethyl adjacent to an activating group) is 1. The molecule has 3 nitrogen and oxygen atoms in total. The minimum absolute atomic E-state index is 0.487. The number of anilines is 1. The van der Waals surface area contributed by atoms with Crippen LogP contribution in [0.4, 0.5) is 5.82 Å². The lowest BCUT2D eigenvalue weighted by molar-refractivity contribution is 0.232. The zero-order valence-corrected chi connectivity index (χ0v) is 12.0. The van der Waals surface area contributed by atoms with Gasteiger partial charge in [-0.3, -0.25) is 4.90 Å². The number of nitrogens with zero attached hydrogens (tertiary/aromatic N) is 3. The molecule has 2 heterocycles. The van der Waals surface area contributed by atoms with Crippen molar-refractivity contribution < 1.29 is 0 Å². The average Bonchev–Trinajstić information content (AvgIpc) is 2.90. The Morgan fingerprint density at radius 1 is 1.39 bits per heavy atom. The monoisotopic (exact) mass is 267 g/mol. The SMILES string of the molecule is CCN(CC)C1CCN(c2cccc(CCl)n2)C1. The molecule has 0 saturated carbocycles. The van der Waals surface area contributed by atoms with Crippen LogP contribution in [0.5, 0.6) is 0 Å². The van der Waals surface area contributed by atoms with Gasteiger partial charge in [-0.05, 0) is 31.6 Å². The summed E-state index contributed by atoms with van der Waals surface area (Å²) in [6, 6.07) is 6.78. The minimum atomic E-state index is 0.487. The van der Waals surface area contributed by atoms with E-state index in [0.29, 0.717) is 11.9 Å². The number of hydrogen-bond acceptors (Lipinski definition) is 3. The molecule has 1 aromatic rings. The Morgan fingerprint density at radius 3 is 2.83 bits per heavy atom. The zero-order valence-electron chi connectivity index (χ0n) is 11.3. The highest BCUT2D eigenvalue weighted by Crippen LogP contribution is 2.21. The highest BCUT2D eigenvalue weighted by atomic mass is 35.5. The second-order valence-corrected chi connectivity index (χ2v) is 5.00. The van der Waals surface area contributed by atoms with Gasteiger partial charge in [-0.1, -0.05) is 19.9 Å². The van der Waals surface area contributed by atoms with Crippen LogP contribution in [-0.4, -0.2) is 42.1 Å². The molecule has 0 aromatic carbocycles. The summed E-state index contributed by atoms with van der Waals surface area (Å²) in [5.74, 6) is 1.56. The van der Waals surface area contributed by atoms with Crippen molar-refractivity contribution in [3.63, 3.8) is 0 Å². The van der Waals surface area contributed by atoms with E-state index in [1.165, 1.54) is 6.42 Å². The van der Waals surface area contributed by atoms with Gasteiger partial charge in [0.05, 0.1) is 11.6 Å². The fraction of sp³-hybridized carbons (Fsp3) is 0.643. The number of aromatic nitrogens is 1. The molecule has 2 rings (SSSR count). The minimum Gasteiger partial charge on any atom is -0.355 e. The molecule has 1 fully saturated rings. The van der Waals surface area contributed by atoms with Gasteiger partial charge >= 0.3 is 0 Å². The normalized spacial score (nSPS) is 19.8. The van der Waals surface area contributed by atoms with Crippen molar-refractivity contribution in [3.8, 4) is 0 Å². The van der Waals surface area contributed by atoms with E-state index in [2.05, 4.69) is 34.7 Å². The second kappa shape index (κ2) is 6.39. The Balaban J connectivity index is 2.03. The molecular weight excluding hydrogens is 246 g/mol. The third kappa shape index (κ3) is 2.96. The van der Waals surface area contributed by atoms with Gasteiger partial charge in [0.1, 0.15) is 5.82 Å². The summed E-state index contributed by atoms with van der Waals surface area (Å²) in [4.78, 5) is 9.50. The molecule has 0 aliphatic carbocycles. The lowest BCUT2D eigenvalue weighted by Crippen LogP contribution is -2.37. The van der Waals surface area contributed by atoms with Crippen LogP contribution < -0.4 is 4.90 Å². The van der Waals surface area contributed by atoms with E-state index in [-0.39, 0.29) is 0 Å². The molecule has 18 heavy (non-hydrogen) atoms. The third-order valence-corrected chi connectivity index (χ3v) is 4.02. The lowest BCUT2D eigenvalue weighted by atomic mass is 10.2. The molecule has 1 unspecified atom stereocenters. The van der Waals surface area contributed by atoms with Gasteiger partial charge in [-0.25, -0.2) is 4.98 Å². The van der Waals surface area contributed by atoms with Crippen LogP contribution in [0.3, 0.4) is 0 Å². The molecular formula is C14H22ClN3. The van der Waals surface area contributed by atoms with Crippen LogP contribution in [0.25, 0.3) is 0 Å². The topological polar surface area (TPSA) is 19.4 Å². The van der Waals surface area contributed by atoms with Crippen molar-refractivity contribution in [2.75, 3.05) is 31.1 Å². The third-order valence-electron chi connectivity index (χ3n) is 3.75. The fourth-order valence-electron chi connectivity index (χ4n) is 2.71. The Morgan fingerprint density at radius 2 is 2.17 bits per heavy atom. The average molecular weight is 268 g/mol. The molecule has 0 bridgehead atoms. The van der Waals surface area contributed by atoms with Crippen LogP contribution in [0.1, 0.15) is 26.0 Å². The summed E-state index contributed by atoms with van der Waals surface area (Å²) in [6.07, 6.45) is 1.23. The molecule has 0 N–H and O–H groups in total. The maximum atomic E-state index is 5.84. The number of hydrogen-bond donors (Lipinski definition) is 0. The molecule has 100 valence electrons. The van der Waals surface area contributed by atoms with Crippen molar-refractivity contribution >= 4 is 17.4 Å². The van der Waals surface area contributed by atoms with Gasteiger partial charge in [-0.15, -0.1) is 11.6 Å². The van der Waals surface area contributed by atoms with Crippen molar-refractivity contribution in [1.82, 2.24) is 9.88 Å². The Labute approximate surface area is 115 Å². The quantitative estimate of drug-likeness (QED) is 0.765. The van der Waals surface area contributed by atoms with Crippen LogP contribution in [0.2, 0.25) is 0 Å². The van der Waals surface area contributed by atoms with Crippen molar-refractivity contribution in [2.24, 2.45) is 0 Å². The zero-order chi connectivity index (χ0) is 13.0. The molecule has 0 radical (unpaired) electrons. The number of alkyl halides is 1. The van der Waals surface area contributed by atoms with E-state index >= 15 is 0 Å². The van der Waals surface area contributed by atoms with E-state index in [0.717, 1.165) is 37.7 Å². The highest BCUT2D eigenvalue weighted by molar-refractivity contribution is 6.16. The van der Waals surface area contributed by atoms with E-state index in [4.69, 9.17) is 11.6 Å². The molecule has 1 aliphatic rings. The molecule has 0 spiro atoms. The van der Waals surface area contributed by atoms with Crippen LogP contribution in [0, 0.1) is 0 Å². The van der Waals surface area contributed by atoms with Crippen LogP contribution in [-0.2, 0) is 5.88 Å². The predicted octanol–water partition coefficient (Wildman–Crippen LogP) is 2.74. The smallest absolute Gasteiger partial charge is 0.128 e. The number of halogens is 1. The van der Waals surface area contributed by atoms with E-state index in [1.807, 2.05) is 12.1 Å². The maximum absolute atomic E-state index is 5.84. The summed E-state index contributed by atoms with van der Waals surface area (Å²) >= 11 is 5.84. The Bertz CT molecular complexity index is 379. The van der Waals surface area contributed by atoms with Crippen LogP contribution >= 0.6 is 11.6 Å². The fourth-order valence-corrected chi connectivity index (χ4v) is 2.85. The predicted molar refractivity (Wildman–Crippen MR) is 77.3 cm³/mol. The summed E-state index contributed by atoms with van der Waals surface area (Å²) in [6.45, 7) is 8.91. The standard InChI is InChI=1S/C14H22ClN3/c1-3-17(4-2)13-8-9-18(11-13)14-7-5-6-12(10-15)16-14/h5-7,13H,3-4,8-11H2,1-2H3. The van der Waals surface area contributed by atoms with Crippen molar-refractivity contribution in [1.29, 1.82) is 0 Å². The van der Waals surface area contributed by atoms with Crippen molar-refractivity contribution in [3.05, 3.63) is 23.9 Å². The summed E-state index contributed by atoms with van der Waals surface area (Å²) in [7, 11) is 0. The Hall–Kier alpha value is -0.800. The first kappa shape index (κ1) is 13.6. The molecule has 1 saturated heterocycles.